The summed E-state index contributed by atoms with van der Waals surface area (Å²) in [4.78, 5) is 35.3. The van der Waals surface area contributed by atoms with Crippen molar-refractivity contribution in [3.8, 4) is 0 Å². The van der Waals surface area contributed by atoms with Crippen molar-refractivity contribution in [1.29, 1.82) is 0 Å². The van der Waals surface area contributed by atoms with Crippen molar-refractivity contribution in [3.05, 3.63) is 46.2 Å². The van der Waals surface area contributed by atoms with E-state index in [0.29, 0.717) is 15.7 Å². The number of aromatic nitrogens is 2. The van der Waals surface area contributed by atoms with E-state index in [2.05, 4.69) is 25.2 Å². The summed E-state index contributed by atoms with van der Waals surface area (Å²) in [6.45, 7) is 0.240. The molecular weight excluding hydrogens is 423 g/mol. The number of amides is 2. The molecule has 0 atom stereocenters. The first-order chi connectivity index (χ1) is 13.8. The molecule has 0 aliphatic heterocycles. The van der Waals surface area contributed by atoms with Crippen LogP contribution >= 0.6 is 23.2 Å². The molecular formula is C18H20Cl2N4O5. The Hall–Kier alpha value is -2.78. The van der Waals surface area contributed by atoms with Crippen LogP contribution in [-0.4, -0.2) is 42.0 Å². The van der Waals surface area contributed by atoms with Gasteiger partial charge in [-0.15, -0.1) is 0 Å². The first-order valence-electron chi connectivity index (χ1n) is 8.49. The number of carbonyl (C=O) groups excluding carboxylic acids is 3. The lowest BCUT2D eigenvalue weighted by molar-refractivity contribution is -0.144. The van der Waals surface area contributed by atoms with Crippen molar-refractivity contribution in [2.45, 2.75) is 25.4 Å². The van der Waals surface area contributed by atoms with Gasteiger partial charge in [0.05, 0.1) is 55.0 Å². The number of halogens is 2. The molecule has 2 rings (SSSR count). The minimum atomic E-state index is -0.607. The first kappa shape index (κ1) is 22.5. The Morgan fingerprint density at radius 2 is 1.76 bits per heavy atom. The number of methoxy groups -OCH3 is 2. The summed E-state index contributed by atoms with van der Waals surface area (Å²) < 4.78 is 10.7. The monoisotopic (exact) mass is 442 g/mol. The van der Waals surface area contributed by atoms with Crippen LogP contribution in [0.3, 0.4) is 0 Å². The second-order valence-electron chi connectivity index (χ2n) is 5.98. The molecule has 0 aliphatic rings. The maximum Gasteiger partial charge on any atom is 0.319 e. The summed E-state index contributed by atoms with van der Waals surface area (Å²) in [7, 11) is 2.51. The van der Waals surface area contributed by atoms with Gasteiger partial charge in [-0.2, -0.15) is 5.10 Å². The zero-order chi connectivity index (χ0) is 21.4. The number of rotatable bonds is 8. The van der Waals surface area contributed by atoms with Gasteiger partial charge in [0.1, 0.15) is 0 Å². The van der Waals surface area contributed by atoms with E-state index in [1.165, 1.54) is 31.3 Å². The fourth-order valence-electron chi connectivity index (χ4n) is 2.42. The van der Waals surface area contributed by atoms with Crippen LogP contribution in [0.1, 0.15) is 24.4 Å². The Morgan fingerprint density at radius 1 is 1.10 bits per heavy atom. The minimum absolute atomic E-state index is 0.0732. The van der Waals surface area contributed by atoms with Crippen molar-refractivity contribution in [3.63, 3.8) is 0 Å². The molecule has 0 aliphatic carbocycles. The molecule has 1 heterocycles. The highest BCUT2D eigenvalue weighted by atomic mass is 35.5. The van der Waals surface area contributed by atoms with E-state index < -0.39 is 24.0 Å². The summed E-state index contributed by atoms with van der Waals surface area (Å²) in [5, 5.41) is 10.2. The molecule has 9 nitrogen and oxygen atoms in total. The van der Waals surface area contributed by atoms with Crippen LogP contribution in [0, 0.1) is 0 Å². The molecule has 156 valence electrons. The highest BCUT2D eigenvalue weighted by molar-refractivity contribution is 6.42. The maximum atomic E-state index is 12.1. The summed E-state index contributed by atoms with van der Waals surface area (Å²) in [5.41, 5.74) is 1.16. The highest BCUT2D eigenvalue weighted by Gasteiger charge is 2.21. The van der Waals surface area contributed by atoms with Crippen LogP contribution in [0.25, 0.3) is 0 Å². The summed E-state index contributed by atoms with van der Waals surface area (Å²) >= 11 is 11.8. The lowest BCUT2D eigenvalue weighted by atomic mass is 10.1. The molecule has 0 saturated heterocycles. The second-order valence-corrected chi connectivity index (χ2v) is 6.79. The van der Waals surface area contributed by atoms with Gasteiger partial charge in [0.25, 0.3) is 0 Å². The lowest BCUT2D eigenvalue weighted by Gasteiger charge is -2.15. The van der Waals surface area contributed by atoms with Gasteiger partial charge < -0.3 is 20.1 Å². The third-order valence-electron chi connectivity index (χ3n) is 3.93. The number of ether oxygens (including phenoxy) is 2. The van der Waals surface area contributed by atoms with Gasteiger partial charge in [-0.05, 0) is 17.7 Å². The maximum absolute atomic E-state index is 12.1. The third-order valence-corrected chi connectivity index (χ3v) is 4.67. The van der Waals surface area contributed by atoms with Gasteiger partial charge in [-0.25, -0.2) is 4.79 Å². The lowest BCUT2D eigenvalue weighted by Crippen LogP contribution is -2.28. The van der Waals surface area contributed by atoms with Gasteiger partial charge in [0.2, 0.25) is 0 Å². The van der Waals surface area contributed by atoms with Gasteiger partial charge >= 0.3 is 18.0 Å². The van der Waals surface area contributed by atoms with E-state index >= 15 is 0 Å². The molecule has 0 fully saturated rings. The number of nitrogens with zero attached hydrogens (tertiary/aromatic N) is 2. The molecule has 0 saturated carbocycles. The van der Waals surface area contributed by atoms with Crippen LogP contribution in [0.15, 0.2) is 30.6 Å². The second kappa shape index (κ2) is 10.7. The largest absolute Gasteiger partial charge is 0.469 e. The quantitative estimate of drug-likeness (QED) is 0.607. The molecule has 2 N–H and O–H groups in total. The SMILES string of the molecule is COC(=O)CC(CC(=O)OC)n1cc(NC(=O)NCc2ccc(Cl)c(Cl)c2)cn1. The third kappa shape index (κ3) is 6.95. The van der Waals surface area contributed by atoms with E-state index in [4.69, 9.17) is 23.2 Å². The molecule has 0 spiro atoms. The van der Waals surface area contributed by atoms with E-state index in [1.54, 1.807) is 18.2 Å². The van der Waals surface area contributed by atoms with Crippen molar-refractivity contribution in [2.75, 3.05) is 19.5 Å². The van der Waals surface area contributed by atoms with Crippen LogP contribution in [0.2, 0.25) is 10.0 Å². The van der Waals surface area contributed by atoms with Gasteiger partial charge in [-0.1, -0.05) is 29.3 Å². The molecule has 0 radical (unpaired) electrons. The number of esters is 2. The summed E-state index contributed by atoms with van der Waals surface area (Å²) in [6, 6.07) is 3.98. The minimum Gasteiger partial charge on any atom is -0.469 e. The van der Waals surface area contributed by atoms with Crippen LogP contribution in [0.4, 0.5) is 10.5 Å². The predicted octanol–water partition coefficient (Wildman–Crippen LogP) is 3.18. The van der Waals surface area contributed by atoms with E-state index in [-0.39, 0.29) is 19.4 Å². The summed E-state index contributed by atoms with van der Waals surface area (Å²) in [5.74, 6) is -0.994. The fourth-order valence-corrected chi connectivity index (χ4v) is 2.74. The average molecular weight is 443 g/mol. The van der Waals surface area contributed by atoms with E-state index in [0.717, 1.165) is 5.56 Å². The number of hydrogen-bond donors (Lipinski definition) is 2. The predicted molar refractivity (Wildman–Crippen MR) is 107 cm³/mol. The van der Waals surface area contributed by atoms with E-state index in [9.17, 15) is 14.4 Å². The Morgan fingerprint density at radius 3 is 2.34 bits per heavy atom. The average Bonchev–Trinajstić information content (AvgIpc) is 3.16. The van der Waals surface area contributed by atoms with Crippen LogP contribution in [0.5, 0.6) is 0 Å². The molecule has 29 heavy (non-hydrogen) atoms. The number of benzene rings is 1. The Bertz CT molecular complexity index is 869. The number of urea groups is 1. The van der Waals surface area contributed by atoms with Gasteiger partial charge in [-0.3, -0.25) is 14.3 Å². The highest BCUT2D eigenvalue weighted by Crippen LogP contribution is 2.22. The zero-order valence-electron chi connectivity index (χ0n) is 15.8. The Balaban J connectivity index is 1.97. The van der Waals surface area contributed by atoms with Crippen molar-refractivity contribution >= 4 is 46.9 Å². The summed E-state index contributed by atoms with van der Waals surface area (Å²) in [6.07, 6.45) is 2.77. The topological polar surface area (TPSA) is 112 Å². The number of carbonyl (C=O) groups is 3. The standard InChI is InChI=1S/C18H20Cl2N4O5/c1-28-16(25)6-13(7-17(26)29-2)24-10-12(9-22-24)23-18(27)21-8-11-3-4-14(19)15(20)5-11/h3-5,9-10,13H,6-8H2,1-2H3,(H2,21,23,27). The van der Waals surface area contributed by atoms with Gasteiger partial charge in [0.15, 0.2) is 0 Å². The number of hydrogen-bond acceptors (Lipinski definition) is 6. The van der Waals surface area contributed by atoms with Crippen molar-refractivity contribution in [1.82, 2.24) is 15.1 Å². The fraction of sp³-hybridized carbons (Fsp3) is 0.333. The van der Waals surface area contributed by atoms with Crippen molar-refractivity contribution in [2.24, 2.45) is 0 Å². The number of anilines is 1. The molecule has 2 amide bonds. The zero-order valence-corrected chi connectivity index (χ0v) is 17.3. The van der Waals surface area contributed by atoms with Crippen molar-refractivity contribution < 1.29 is 23.9 Å². The van der Waals surface area contributed by atoms with Crippen LogP contribution < -0.4 is 10.6 Å². The number of nitrogens with one attached hydrogen (secondary N) is 2. The smallest absolute Gasteiger partial charge is 0.319 e. The van der Waals surface area contributed by atoms with E-state index in [1.807, 2.05) is 0 Å². The molecule has 0 unspecified atom stereocenters. The Kier molecular flexibility index (Phi) is 8.29. The molecule has 1 aromatic heterocycles. The van der Waals surface area contributed by atoms with Crippen LogP contribution in [-0.2, 0) is 25.6 Å². The molecule has 2 aromatic rings. The molecule has 1 aromatic carbocycles. The Labute approximate surface area is 177 Å². The molecule has 11 heteroatoms. The molecule has 0 bridgehead atoms. The normalized spacial score (nSPS) is 10.5. The first-order valence-corrected chi connectivity index (χ1v) is 9.24. The van der Waals surface area contributed by atoms with Gasteiger partial charge in [0, 0.05) is 12.7 Å².